The first kappa shape index (κ1) is 15.0. The lowest BCUT2D eigenvalue weighted by Gasteiger charge is -2.11. The number of ether oxygens (including phenoxy) is 1. The van der Waals surface area contributed by atoms with Crippen LogP contribution in [0.1, 0.15) is 23.6 Å². The summed E-state index contributed by atoms with van der Waals surface area (Å²) in [6, 6.07) is 15.8. The Balaban J connectivity index is 2.61. The fourth-order valence-corrected chi connectivity index (χ4v) is 2.10. The minimum Gasteiger partial charge on any atom is -0.462 e. The molecule has 2 rings (SSSR count). The van der Waals surface area contributed by atoms with Crippen LogP contribution in [0.25, 0.3) is 11.4 Å². The first-order valence-electron chi connectivity index (χ1n) is 6.83. The van der Waals surface area contributed by atoms with E-state index in [1.165, 1.54) is 0 Å². The van der Waals surface area contributed by atoms with Crippen LogP contribution in [0.15, 0.2) is 54.6 Å². The topological polar surface area (TPSA) is 26.3 Å². The van der Waals surface area contributed by atoms with Gasteiger partial charge in [-0.2, -0.15) is 0 Å². The van der Waals surface area contributed by atoms with Crippen molar-refractivity contribution in [3.63, 3.8) is 0 Å². The Kier molecular flexibility index (Phi) is 4.88. The molecule has 0 aliphatic carbocycles. The number of esters is 1. The van der Waals surface area contributed by atoms with Crippen LogP contribution in [0, 0.1) is 6.92 Å². The molecule has 0 spiro atoms. The summed E-state index contributed by atoms with van der Waals surface area (Å²) in [4.78, 5) is 12.1. The summed E-state index contributed by atoms with van der Waals surface area (Å²) in [5.41, 5.74) is 1.65. The monoisotopic (exact) mass is 284 g/mol. The van der Waals surface area contributed by atoms with E-state index in [-0.39, 0.29) is 12.2 Å². The number of halogens is 1. The highest BCUT2D eigenvalue weighted by atomic mass is 19.1. The van der Waals surface area contributed by atoms with E-state index in [1.807, 2.05) is 25.1 Å². The van der Waals surface area contributed by atoms with Gasteiger partial charge in [-0.1, -0.05) is 54.6 Å². The second-order valence-electron chi connectivity index (χ2n) is 4.59. The molecule has 0 heterocycles. The standard InChI is InChI=1S/C18H17FO2/c1-3-21-18(20)16(14-10-5-4-6-11-14)17(19)15-12-8-7-9-13(15)2/h4-12H,3H2,1-2H3/b17-16+. The van der Waals surface area contributed by atoms with Gasteiger partial charge in [-0.25, -0.2) is 9.18 Å². The molecule has 0 radical (unpaired) electrons. The van der Waals surface area contributed by atoms with Gasteiger partial charge in [0.2, 0.25) is 0 Å². The molecular weight excluding hydrogens is 267 g/mol. The van der Waals surface area contributed by atoms with Crippen LogP contribution >= 0.6 is 0 Å². The van der Waals surface area contributed by atoms with Gasteiger partial charge in [0.05, 0.1) is 6.61 Å². The molecule has 2 aromatic carbocycles. The average molecular weight is 284 g/mol. The molecule has 0 atom stereocenters. The predicted octanol–water partition coefficient (Wildman–Crippen LogP) is 4.40. The van der Waals surface area contributed by atoms with E-state index in [4.69, 9.17) is 4.74 Å². The van der Waals surface area contributed by atoms with Crippen molar-refractivity contribution in [1.29, 1.82) is 0 Å². The Bertz CT molecular complexity index is 660. The smallest absolute Gasteiger partial charge is 0.341 e. The summed E-state index contributed by atoms with van der Waals surface area (Å²) in [7, 11) is 0. The zero-order chi connectivity index (χ0) is 15.2. The molecule has 2 nitrogen and oxygen atoms in total. The quantitative estimate of drug-likeness (QED) is 0.472. The maximum Gasteiger partial charge on any atom is 0.341 e. The third-order valence-electron chi connectivity index (χ3n) is 3.14. The lowest BCUT2D eigenvalue weighted by Crippen LogP contribution is -2.08. The van der Waals surface area contributed by atoms with Crippen LogP contribution in [0.3, 0.4) is 0 Å². The van der Waals surface area contributed by atoms with Gasteiger partial charge in [0, 0.05) is 5.56 Å². The molecule has 0 aliphatic rings. The molecule has 21 heavy (non-hydrogen) atoms. The number of carbonyl (C=O) groups is 1. The SMILES string of the molecule is CCOC(=O)/C(=C(/F)c1ccccc1C)c1ccccc1. The zero-order valence-electron chi connectivity index (χ0n) is 12.1. The maximum absolute atomic E-state index is 14.9. The largest absolute Gasteiger partial charge is 0.462 e. The van der Waals surface area contributed by atoms with E-state index in [0.717, 1.165) is 5.56 Å². The number of carbonyl (C=O) groups excluding carboxylic acids is 1. The van der Waals surface area contributed by atoms with E-state index in [9.17, 15) is 9.18 Å². The highest BCUT2D eigenvalue weighted by molar-refractivity contribution is 6.23. The van der Waals surface area contributed by atoms with Crippen molar-refractivity contribution in [3.8, 4) is 0 Å². The Morgan fingerprint density at radius 1 is 1.05 bits per heavy atom. The van der Waals surface area contributed by atoms with E-state index < -0.39 is 11.8 Å². The third-order valence-corrected chi connectivity index (χ3v) is 3.14. The number of hydrogen-bond acceptors (Lipinski definition) is 2. The molecule has 108 valence electrons. The van der Waals surface area contributed by atoms with Crippen molar-refractivity contribution in [2.24, 2.45) is 0 Å². The molecule has 2 aromatic rings. The van der Waals surface area contributed by atoms with Gasteiger partial charge in [0.1, 0.15) is 11.4 Å². The van der Waals surface area contributed by atoms with Gasteiger partial charge in [0.25, 0.3) is 0 Å². The molecule has 0 saturated carbocycles. The van der Waals surface area contributed by atoms with Crippen molar-refractivity contribution in [2.75, 3.05) is 6.61 Å². The van der Waals surface area contributed by atoms with Crippen LogP contribution in [0.4, 0.5) is 4.39 Å². The molecule has 0 aromatic heterocycles. The normalized spacial score (nSPS) is 11.8. The van der Waals surface area contributed by atoms with Gasteiger partial charge in [-0.05, 0) is 25.0 Å². The molecule has 3 heteroatoms. The summed E-state index contributed by atoms with van der Waals surface area (Å²) >= 11 is 0. The van der Waals surface area contributed by atoms with Crippen molar-refractivity contribution in [1.82, 2.24) is 0 Å². The summed E-state index contributed by atoms with van der Waals surface area (Å²) in [5.74, 6) is -1.21. The Labute approximate surface area is 123 Å². The molecule has 0 fully saturated rings. The zero-order valence-corrected chi connectivity index (χ0v) is 12.1. The lowest BCUT2D eigenvalue weighted by molar-refractivity contribution is -0.136. The molecule has 0 unspecified atom stereocenters. The molecule has 0 aliphatic heterocycles. The van der Waals surface area contributed by atoms with Crippen LogP contribution in [-0.2, 0) is 9.53 Å². The number of aryl methyl sites for hydroxylation is 1. The first-order valence-corrected chi connectivity index (χ1v) is 6.83. The summed E-state index contributed by atoms with van der Waals surface area (Å²) in [6.07, 6.45) is 0. The van der Waals surface area contributed by atoms with E-state index in [2.05, 4.69) is 0 Å². The molecule has 0 saturated heterocycles. The number of hydrogen-bond donors (Lipinski definition) is 0. The van der Waals surface area contributed by atoms with Crippen molar-refractivity contribution in [2.45, 2.75) is 13.8 Å². The Morgan fingerprint density at radius 3 is 2.29 bits per heavy atom. The summed E-state index contributed by atoms with van der Waals surface area (Å²) in [6.45, 7) is 3.71. The molecular formula is C18H17FO2. The van der Waals surface area contributed by atoms with E-state index in [1.54, 1.807) is 43.3 Å². The van der Waals surface area contributed by atoms with Crippen molar-refractivity contribution >= 4 is 17.4 Å². The van der Waals surface area contributed by atoms with Gasteiger partial charge < -0.3 is 4.74 Å². The van der Waals surface area contributed by atoms with Crippen LogP contribution < -0.4 is 0 Å². The average Bonchev–Trinajstić information content (AvgIpc) is 2.49. The second-order valence-corrected chi connectivity index (χ2v) is 4.59. The lowest BCUT2D eigenvalue weighted by atomic mass is 9.99. The van der Waals surface area contributed by atoms with Crippen molar-refractivity contribution in [3.05, 3.63) is 71.3 Å². The second kappa shape index (κ2) is 6.84. The van der Waals surface area contributed by atoms with Gasteiger partial charge in [-0.15, -0.1) is 0 Å². The minimum atomic E-state index is -0.649. The number of rotatable bonds is 4. The maximum atomic E-state index is 14.9. The molecule has 0 bridgehead atoms. The third kappa shape index (κ3) is 3.37. The van der Waals surface area contributed by atoms with Crippen LogP contribution in [-0.4, -0.2) is 12.6 Å². The van der Waals surface area contributed by atoms with E-state index in [0.29, 0.717) is 11.1 Å². The van der Waals surface area contributed by atoms with Crippen LogP contribution in [0.5, 0.6) is 0 Å². The number of benzene rings is 2. The Hall–Kier alpha value is -2.42. The summed E-state index contributed by atoms with van der Waals surface area (Å²) < 4.78 is 19.9. The summed E-state index contributed by atoms with van der Waals surface area (Å²) in [5, 5.41) is 0. The predicted molar refractivity (Wildman–Crippen MR) is 82.2 cm³/mol. The fourth-order valence-electron chi connectivity index (χ4n) is 2.10. The van der Waals surface area contributed by atoms with Crippen LogP contribution in [0.2, 0.25) is 0 Å². The Morgan fingerprint density at radius 2 is 1.67 bits per heavy atom. The first-order chi connectivity index (χ1) is 10.1. The van der Waals surface area contributed by atoms with Gasteiger partial charge in [-0.3, -0.25) is 0 Å². The van der Waals surface area contributed by atoms with E-state index >= 15 is 0 Å². The van der Waals surface area contributed by atoms with Gasteiger partial charge >= 0.3 is 5.97 Å². The van der Waals surface area contributed by atoms with Gasteiger partial charge in [0.15, 0.2) is 0 Å². The molecule has 0 N–H and O–H groups in total. The highest BCUT2D eigenvalue weighted by Gasteiger charge is 2.21. The fraction of sp³-hybridized carbons (Fsp3) is 0.167. The molecule has 0 amide bonds. The van der Waals surface area contributed by atoms with Crippen molar-refractivity contribution < 1.29 is 13.9 Å². The minimum absolute atomic E-state index is 0.0354. The highest BCUT2D eigenvalue weighted by Crippen LogP contribution is 2.30.